The summed E-state index contributed by atoms with van der Waals surface area (Å²) in [6, 6.07) is 10.6. The molecule has 100 valence electrons. The first-order chi connectivity index (χ1) is 9.66. The molecule has 6 heteroatoms. The number of aromatic amines is 1. The summed E-state index contributed by atoms with van der Waals surface area (Å²) in [4.78, 5) is 4.06. The van der Waals surface area contributed by atoms with Gasteiger partial charge in [0.15, 0.2) is 5.82 Å². The van der Waals surface area contributed by atoms with Crippen molar-refractivity contribution < 1.29 is 4.39 Å². The maximum absolute atomic E-state index is 13.0. The number of nitrogen functional groups attached to an aromatic ring is 1. The lowest BCUT2D eigenvalue weighted by Gasteiger charge is -2.06. The number of halogens is 2. The van der Waals surface area contributed by atoms with Crippen molar-refractivity contribution in [2.75, 3.05) is 5.73 Å². The van der Waals surface area contributed by atoms with Crippen LogP contribution in [0.15, 0.2) is 47.1 Å². The van der Waals surface area contributed by atoms with Crippen molar-refractivity contribution in [1.82, 2.24) is 15.2 Å². The van der Waals surface area contributed by atoms with Crippen LogP contribution in [-0.4, -0.2) is 15.2 Å². The van der Waals surface area contributed by atoms with E-state index in [1.54, 1.807) is 6.07 Å². The molecule has 3 rings (SSSR count). The van der Waals surface area contributed by atoms with Crippen molar-refractivity contribution in [3.63, 3.8) is 0 Å². The summed E-state index contributed by atoms with van der Waals surface area (Å²) >= 11 is 3.49. The summed E-state index contributed by atoms with van der Waals surface area (Å²) in [5.74, 6) is -0.0123. The fourth-order valence-electron chi connectivity index (χ4n) is 2.00. The molecule has 3 aromatic rings. The topological polar surface area (TPSA) is 67.6 Å². The minimum absolute atomic E-state index is 0.373. The van der Waals surface area contributed by atoms with Crippen LogP contribution in [0.3, 0.4) is 0 Å². The van der Waals surface area contributed by atoms with E-state index in [2.05, 4.69) is 31.1 Å². The van der Waals surface area contributed by atoms with E-state index in [4.69, 9.17) is 5.73 Å². The molecule has 0 amide bonds. The van der Waals surface area contributed by atoms with E-state index in [1.807, 2.05) is 24.3 Å². The summed E-state index contributed by atoms with van der Waals surface area (Å²) in [7, 11) is 0. The highest BCUT2D eigenvalue weighted by Gasteiger charge is 2.17. The molecule has 0 saturated carbocycles. The quantitative estimate of drug-likeness (QED) is 0.753. The van der Waals surface area contributed by atoms with Gasteiger partial charge in [0, 0.05) is 10.0 Å². The molecule has 2 aromatic heterocycles. The van der Waals surface area contributed by atoms with Gasteiger partial charge < -0.3 is 5.73 Å². The maximum Gasteiger partial charge on any atom is 0.153 e. The van der Waals surface area contributed by atoms with Gasteiger partial charge in [0.1, 0.15) is 5.82 Å². The van der Waals surface area contributed by atoms with Crippen LogP contribution in [0.4, 0.5) is 10.2 Å². The van der Waals surface area contributed by atoms with Crippen LogP contribution in [0, 0.1) is 5.82 Å². The lowest BCUT2D eigenvalue weighted by Crippen LogP contribution is -1.91. The second-order valence-electron chi connectivity index (χ2n) is 4.20. The first-order valence-corrected chi connectivity index (χ1v) is 6.67. The zero-order chi connectivity index (χ0) is 14.1. The first-order valence-electron chi connectivity index (χ1n) is 5.87. The molecule has 20 heavy (non-hydrogen) atoms. The van der Waals surface area contributed by atoms with Crippen LogP contribution in [0.5, 0.6) is 0 Å². The van der Waals surface area contributed by atoms with Crippen LogP contribution in [0.1, 0.15) is 0 Å². The Labute approximate surface area is 123 Å². The Hall–Kier alpha value is -2.21. The smallest absolute Gasteiger partial charge is 0.153 e. The number of nitrogens with two attached hydrogens (primary N) is 1. The molecule has 0 atom stereocenters. The molecule has 1 aromatic carbocycles. The van der Waals surface area contributed by atoms with Crippen molar-refractivity contribution in [2.45, 2.75) is 0 Å². The molecule has 0 spiro atoms. The van der Waals surface area contributed by atoms with Gasteiger partial charge in [0.05, 0.1) is 23.1 Å². The van der Waals surface area contributed by atoms with Crippen LogP contribution in [0.25, 0.3) is 22.5 Å². The monoisotopic (exact) mass is 332 g/mol. The lowest BCUT2D eigenvalue weighted by atomic mass is 10.0. The number of pyridine rings is 1. The molecule has 0 fully saturated rings. The minimum atomic E-state index is -0.385. The summed E-state index contributed by atoms with van der Waals surface area (Å²) in [6.07, 6.45) is 1.16. The van der Waals surface area contributed by atoms with Crippen molar-refractivity contribution in [1.29, 1.82) is 0 Å². The molecule has 0 bridgehead atoms. The van der Waals surface area contributed by atoms with Gasteiger partial charge in [-0.05, 0) is 18.2 Å². The minimum Gasteiger partial charge on any atom is -0.382 e. The van der Waals surface area contributed by atoms with Crippen LogP contribution in [-0.2, 0) is 0 Å². The molecular weight excluding hydrogens is 323 g/mol. The number of H-pyrrole nitrogens is 1. The van der Waals surface area contributed by atoms with Gasteiger partial charge in [0.25, 0.3) is 0 Å². The van der Waals surface area contributed by atoms with Gasteiger partial charge in [-0.15, -0.1) is 0 Å². The molecule has 4 nitrogen and oxygen atoms in total. The van der Waals surface area contributed by atoms with Crippen molar-refractivity contribution >= 4 is 21.7 Å². The van der Waals surface area contributed by atoms with E-state index >= 15 is 0 Å². The highest BCUT2D eigenvalue weighted by atomic mass is 79.9. The highest BCUT2D eigenvalue weighted by Crippen LogP contribution is 2.37. The third-order valence-electron chi connectivity index (χ3n) is 2.92. The molecule has 0 aliphatic rings. The van der Waals surface area contributed by atoms with Crippen molar-refractivity contribution in [3.8, 4) is 22.5 Å². The van der Waals surface area contributed by atoms with Crippen LogP contribution < -0.4 is 5.73 Å². The van der Waals surface area contributed by atoms with Crippen molar-refractivity contribution in [3.05, 3.63) is 52.9 Å². The number of aromatic nitrogens is 3. The maximum atomic E-state index is 13.0. The number of hydrogen-bond donors (Lipinski definition) is 2. The molecule has 0 saturated heterocycles. The number of nitrogens with zero attached hydrogens (tertiary/aromatic N) is 2. The Bertz CT molecular complexity index is 752. The second-order valence-corrected chi connectivity index (χ2v) is 5.05. The normalized spacial score (nSPS) is 10.7. The van der Waals surface area contributed by atoms with E-state index in [-0.39, 0.29) is 5.82 Å². The molecule has 0 aliphatic heterocycles. The van der Waals surface area contributed by atoms with Gasteiger partial charge >= 0.3 is 0 Å². The van der Waals surface area contributed by atoms with E-state index in [9.17, 15) is 4.39 Å². The second kappa shape index (κ2) is 5.05. The Morgan fingerprint density at radius 3 is 2.65 bits per heavy atom. The first kappa shape index (κ1) is 12.8. The van der Waals surface area contributed by atoms with E-state index in [1.165, 1.54) is 6.07 Å². The summed E-state index contributed by atoms with van der Waals surface area (Å²) in [5, 5.41) is 6.89. The summed E-state index contributed by atoms with van der Waals surface area (Å²) in [5.41, 5.74) is 8.84. The lowest BCUT2D eigenvalue weighted by molar-refractivity contribution is 0.622. The average molecular weight is 333 g/mol. The Balaban J connectivity index is 2.20. The average Bonchev–Trinajstić information content (AvgIpc) is 2.82. The highest BCUT2D eigenvalue weighted by molar-refractivity contribution is 9.10. The Morgan fingerprint density at radius 2 is 1.95 bits per heavy atom. The van der Waals surface area contributed by atoms with Gasteiger partial charge in [-0.1, -0.05) is 34.1 Å². The predicted octanol–water partition coefficient (Wildman–Crippen LogP) is 3.62. The number of nitrogens with one attached hydrogen (secondary N) is 1. The van der Waals surface area contributed by atoms with E-state index in [0.29, 0.717) is 17.2 Å². The number of rotatable bonds is 2. The zero-order valence-corrected chi connectivity index (χ0v) is 11.9. The fraction of sp³-hybridized carbons (Fsp3) is 0. The van der Waals surface area contributed by atoms with Gasteiger partial charge in [-0.3, -0.25) is 10.1 Å². The van der Waals surface area contributed by atoms with Gasteiger partial charge in [0.2, 0.25) is 0 Å². The largest absolute Gasteiger partial charge is 0.382 e. The number of benzene rings is 1. The SMILES string of the molecule is Nc1n[nH]c(-c2ccc(F)cn2)c1-c1ccccc1Br. The molecule has 3 N–H and O–H groups in total. The molecule has 0 unspecified atom stereocenters. The molecule has 2 heterocycles. The zero-order valence-electron chi connectivity index (χ0n) is 10.3. The van der Waals surface area contributed by atoms with Crippen LogP contribution in [0.2, 0.25) is 0 Å². The predicted molar refractivity (Wildman–Crippen MR) is 79.3 cm³/mol. The third-order valence-corrected chi connectivity index (χ3v) is 3.61. The fourth-order valence-corrected chi connectivity index (χ4v) is 2.48. The third kappa shape index (κ3) is 2.18. The number of hydrogen-bond acceptors (Lipinski definition) is 3. The molecule has 0 aliphatic carbocycles. The molecule has 0 radical (unpaired) electrons. The number of anilines is 1. The standard InChI is InChI=1S/C14H10BrFN4/c15-10-4-2-1-3-9(10)12-13(19-20-14(12)17)11-6-5-8(16)7-18-11/h1-7H,(H3,17,19,20). The Morgan fingerprint density at radius 1 is 1.15 bits per heavy atom. The van der Waals surface area contributed by atoms with Gasteiger partial charge in [-0.2, -0.15) is 5.10 Å². The van der Waals surface area contributed by atoms with Crippen LogP contribution >= 0.6 is 15.9 Å². The van der Waals surface area contributed by atoms with E-state index < -0.39 is 0 Å². The summed E-state index contributed by atoms with van der Waals surface area (Å²) in [6.45, 7) is 0. The molecular formula is C14H10BrFN4. The van der Waals surface area contributed by atoms with Crippen molar-refractivity contribution in [2.24, 2.45) is 0 Å². The van der Waals surface area contributed by atoms with E-state index in [0.717, 1.165) is 21.8 Å². The Kier molecular flexibility index (Phi) is 3.23. The summed E-state index contributed by atoms with van der Waals surface area (Å²) < 4.78 is 13.9. The van der Waals surface area contributed by atoms with Gasteiger partial charge in [-0.25, -0.2) is 4.39 Å².